The van der Waals surface area contributed by atoms with Crippen LogP contribution in [-0.2, 0) is 6.54 Å². The van der Waals surface area contributed by atoms with Gasteiger partial charge in [-0.15, -0.1) is 0 Å². The molecular weight excluding hydrogens is 330 g/mol. The number of nitro benzene ring substituents is 1. The van der Waals surface area contributed by atoms with Crippen molar-refractivity contribution < 1.29 is 9.72 Å². The highest BCUT2D eigenvalue weighted by molar-refractivity contribution is 5.95. The minimum Gasteiger partial charge on any atom is -0.366 e. The lowest BCUT2D eigenvalue weighted by atomic mass is 10.1. The Morgan fingerprint density at radius 2 is 1.88 bits per heavy atom. The fraction of sp³-hybridized carbons (Fsp3) is 0.350. The third-order valence-electron chi connectivity index (χ3n) is 4.82. The number of nitro groups is 1. The Hall–Kier alpha value is -2.89. The maximum Gasteiger partial charge on any atom is 0.293 e. The minimum absolute atomic E-state index is 0.00827. The smallest absolute Gasteiger partial charge is 0.293 e. The van der Waals surface area contributed by atoms with Gasteiger partial charge in [0.25, 0.3) is 11.6 Å². The Kier molecular flexibility index (Phi) is 5.21. The van der Waals surface area contributed by atoms with Crippen LogP contribution in [0.15, 0.2) is 36.4 Å². The van der Waals surface area contributed by atoms with Gasteiger partial charge in [-0.25, -0.2) is 0 Å². The number of nitrogens with zero attached hydrogens (tertiary/aromatic N) is 2. The van der Waals surface area contributed by atoms with E-state index in [1.54, 1.807) is 12.1 Å². The van der Waals surface area contributed by atoms with Crippen LogP contribution in [0.25, 0.3) is 0 Å². The highest BCUT2D eigenvalue weighted by atomic mass is 16.6. The van der Waals surface area contributed by atoms with Crippen LogP contribution >= 0.6 is 0 Å². The summed E-state index contributed by atoms with van der Waals surface area (Å²) in [6, 6.07) is 10.8. The summed E-state index contributed by atoms with van der Waals surface area (Å²) in [6.45, 7) is 6.06. The predicted molar refractivity (Wildman–Crippen MR) is 102 cm³/mol. The van der Waals surface area contributed by atoms with Gasteiger partial charge in [-0.1, -0.05) is 23.8 Å². The maximum absolute atomic E-state index is 12.5. The number of benzene rings is 2. The number of amides is 1. The molecule has 6 heteroatoms. The van der Waals surface area contributed by atoms with Gasteiger partial charge in [0, 0.05) is 31.3 Å². The number of carbonyl (C=O) groups excluding carboxylic acids is 1. The second kappa shape index (κ2) is 7.56. The van der Waals surface area contributed by atoms with E-state index in [0.29, 0.717) is 17.8 Å². The number of rotatable bonds is 5. The molecule has 0 spiro atoms. The predicted octanol–water partition coefficient (Wildman–Crippen LogP) is 3.74. The molecule has 3 rings (SSSR count). The highest BCUT2D eigenvalue weighted by Gasteiger charge is 2.23. The SMILES string of the molecule is Cc1ccc(CNC(=O)c2ccc(N3CCCC3)c([N+](=O)[O-])c2)c(C)c1. The van der Waals surface area contributed by atoms with Crippen molar-refractivity contribution in [1.82, 2.24) is 5.32 Å². The van der Waals surface area contributed by atoms with Gasteiger partial charge in [-0.05, 0) is 49.9 Å². The molecule has 26 heavy (non-hydrogen) atoms. The zero-order valence-corrected chi connectivity index (χ0v) is 15.1. The number of nitrogens with one attached hydrogen (secondary N) is 1. The van der Waals surface area contributed by atoms with Crippen LogP contribution in [0.3, 0.4) is 0 Å². The van der Waals surface area contributed by atoms with Gasteiger partial charge in [-0.3, -0.25) is 14.9 Å². The largest absolute Gasteiger partial charge is 0.366 e. The molecule has 1 amide bonds. The molecular formula is C20H23N3O3. The zero-order valence-electron chi connectivity index (χ0n) is 15.1. The van der Waals surface area contributed by atoms with Crippen molar-refractivity contribution in [3.63, 3.8) is 0 Å². The molecule has 0 radical (unpaired) electrons. The molecule has 2 aromatic carbocycles. The number of hydrogen-bond donors (Lipinski definition) is 1. The normalized spacial score (nSPS) is 13.7. The first-order valence-corrected chi connectivity index (χ1v) is 8.83. The van der Waals surface area contributed by atoms with E-state index in [2.05, 4.69) is 11.4 Å². The number of aryl methyl sites for hydroxylation is 2. The lowest BCUT2D eigenvalue weighted by Crippen LogP contribution is -2.24. The Labute approximate surface area is 153 Å². The van der Waals surface area contributed by atoms with Crippen molar-refractivity contribution in [3.8, 4) is 0 Å². The zero-order chi connectivity index (χ0) is 18.7. The highest BCUT2D eigenvalue weighted by Crippen LogP contribution is 2.31. The Morgan fingerprint density at radius 1 is 1.15 bits per heavy atom. The van der Waals surface area contributed by atoms with Crippen LogP contribution in [0.2, 0.25) is 0 Å². The molecule has 6 nitrogen and oxygen atoms in total. The fourth-order valence-corrected chi connectivity index (χ4v) is 3.36. The van der Waals surface area contributed by atoms with Crippen molar-refractivity contribution in [2.75, 3.05) is 18.0 Å². The molecule has 0 bridgehead atoms. The summed E-state index contributed by atoms with van der Waals surface area (Å²) in [5, 5.41) is 14.3. The van der Waals surface area contributed by atoms with Gasteiger partial charge in [0.1, 0.15) is 5.69 Å². The fourth-order valence-electron chi connectivity index (χ4n) is 3.36. The maximum atomic E-state index is 12.5. The van der Waals surface area contributed by atoms with E-state index in [1.807, 2.05) is 30.9 Å². The molecule has 0 aliphatic carbocycles. The van der Waals surface area contributed by atoms with Gasteiger partial charge in [-0.2, -0.15) is 0 Å². The van der Waals surface area contributed by atoms with Crippen LogP contribution in [-0.4, -0.2) is 23.9 Å². The first-order valence-electron chi connectivity index (χ1n) is 8.83. The molecule has 1 saturated heterocycles. The first-order chi connectivity index (χ1) is 12.5. The summed E-state index contributed by atoms with van der Waals surface area (Å²) >= 11 is 0. The molecule has 1 N–H and O–H groups in total. The van der Waals surface area contributed by atoms with E-state index in [4.69, 9.17) is 0 Å². The topological polar surface area (TPSA) is 75.5 Å². The van der Waals surface area contributed by atoms with Crippen LogP contribution in [0.4, 0.5) is 11.4 Å². The van der Waals surface area contributed by atoms with Gasteiger partial charge in [0.2, 0.25) is 0 Å². The lowest BCUT2D eigenvalue weighted by Gasteiger charge is -2.18. The van der Waals surface area contributed by atoms with Crippen molar-refractivity contribution >= 4 is 17.3 Å². The van der Waals surface area contributed by atoms with Crippen molar-refractivity contribution in [1.29, 1.82) is 0 Å². The summed E-state index contributed by atoms with van der Waals surface area (Å²) in [5.41, 5.74) is 4.22. The van der Waals surface area contributed by atoms with Crippen LogP contribution in [0.1, 0.15) is 39.9 Å². The van der Waals surface area contributed by atoms with E-state index >= 15 is 0 Å². The molecule has 0 atom stereocenters. The lowest BCUT2D eigenvalue weighted by molar-refractivity contribution is -0.384. The van der Waals surface area contributed by atoms with Crippen LogP contribution < -0.4 is 10.2 Å². The molecule has 1 heterocycles. The number of carbonyl (C=O) groups is 1. The van der Waals surface area contributed by atoms with E-state index < -0.39 is 4.92 Å². The molecule has 0 saturated carbocycles. The first kappa shape index (κ1) is 17.9. The molecule has 0 aromatic heterocycles. The molecule has 1 fully saturated rings. The molecule has 136 valence electrons. The molecule has 2 aromatic rings. The summed E-state index contributed by atoms with van der Waals surface area (Å²) in [7, 11) is 0. The van der Waals surface area contributed by atoms with Gasteiger partial charge in [0.15, 0.2) is 0 Å². The van der Waals surface area contributed by atoms with Crippen molar-refractivity contribution in [2.24, 2.45) is 0 Å². The monoisotopic (exact) mass is 353 g/mol. The van der Waals surface area contributed by atoms with Crippen LogP contribution in [0.5, 0.6) is 0 Å². The molecule has 1 aliphatic rings. The van der Waals surface area contributed by atoms with Gasteiger partial charge < -0.3 is 10.2 Å². The van der Waals surface area contributed by atoms with Crippen LogP contribution in [0, 0.1) is 24.0 Å². The standard InChI is InChI=1S/C20H23N3O3/c1-14-5-6-17(15(2)11-14)13-21-20(24)16-7-8-18(19(12-16)23(25)26)22-9-3-4-10-22/h5-8,11-12H,3-4,9-10,13H2,1-2H3,(H,21,24). The molecule has 1 aliphatic heterocycles. The Morgan fingerprint density at radius 3 is 2.54 bits per heavy atom. The molecule has 0 unspecified atom stereocenters. The van der Waals surface area contributed by atoms with Gasteiger partial charge >= 0.3 is 0 Å². The summed E-state index contributed by atoms with van der Waals surface area (Å²) in [5.74, 6) is -0.305. The average molecular weight is 353 g/mol. The quantitative estimate of drug-likeness (QED) is 0.656. The Bertz CT molecular complexity index is 842. The number of hydrogen-bond acceptors (Lipinski definition) is 4. The third-order valence-corrected chi connectivity index (χ3v) is 4.82. The average Bonchev–Trinajstić information content (AvgIpc) is 3.14. The van der Waals surface area contributed by atoms with Crippen molar-refractivity contribution in [3.05, 3.63) is 68.8 Å². The summed E-state index contributed by atoms with van der Waals surface area (Å²) in [4.78, 5) is 25.5. The van der Waals surface area contributed by atoms with E-state index in [-0.39, 0.29) is 11.6 Å². The summed E-state index contributed by atoms with van der Waals surface area (Å²) < 4.78 is 0. The van der Waals surface area contributed by atoms with E-state index in [9.17, 15) is 14.9 Å². The third kappa shape index (κ3) is 3.85. The Balaban J connectivity index is 1.76. The van der Waals surface area contributed by atoms with Gasteiger partial charge in [0.05, 0.1) is 4.92 Å². The van der Waals surface area contributed by atoms with E-state index in [0.717, 1.165) is 37.1 Å². The second-order valence-electron chi connectivity index (χ2n) is 6.77. The van der Waals surface area contributed by atoms with Crippen molar-refractivity contribution in [2.45, 2.75) is 33.2 Å². The number of anilines is 1. The van der Waals surface area contributed by atoms with E-state index in [1.165, 1.54) is 11.6 Å². The second-order valence-corrected chi connectivity index (χ2v) is 6.77. The minimum atomic E-state index is -0.408. The summed E-state index contributed by atoms with van der Waals surface area (Å²) in [6.07, 6.45) is 2.07.